The zero-order valence-electron chi connectivity index (χ0n) is 47.9. The van der Waals surface area contributed by atoms with Crippen LogP contribution in [0.4, 0.5) is 0 Å². The molecule has 418 valence electrons. The molecule has 1 unspecified atom stereocenters. The van der Waals surface area contributed by atoms with Gasteiger partial charge in [0.2, 0.25) is 0 Å². The van der Waals surface area contributed by atoms with Crippen molar-refractivity contribution < 1.29 is 28.6 Å². The molecule has 0 radical (unpaired) electrons. The summed E-state index contributed by atoms with van der Waals surface area (Å²) in [6.07, 6.45) is 76.8. The lowest BCUT2D eigenvalue weighted by molar-refractivity contribution is -0.166. The molecule has 0 N–H and O–H groups in total. The minimum atomic E-state index is -0.804. The van der Waals surface area contributed by atoms with Gasteiger partial charge in [-0.05, 0) is 70.6 Å². The number of allylic oxidation sites excluding steroid dienone is 10. The quantitative estimate of drug-likeness (QED) is 0.0261. The fourth-order valence-electron chi connectivity index (χ4n) is 9.10. The molecule has 0 amide bonds. The molecule has 0 aliphatic rings. The van der Waals surface area contributed by atoms with Crippen molar-refractivity contribution in [3.63, 3.8) is 0 Å². The highest BCUT2D eigenvalue weighted by atomic mass is 16.6. The third kappa shape index (κ3) is 58.0. The van der Waals surface area contributed by atoms with Crippen LogP contribution in [-0.2, 0) is 28.6 Å². The van der Waals surface area contributed by atoms with E-state index in [0.29, 0.717) is 19.3 Å². The first-order chi connectivity index (χ1) is 35.5. The van der Waals surface area contributed by atoms with Crippen LogP contribution in [0, 0.1) is 0 Å². The van der Waals surface area contributed by atoms with Crippen LogP contribution in [0.2, 0.25) is 0 Å². The molecule has 0 fully saturated rings. The third-order valence-electron chi connectivity index (χ3n) is 13.8. The van der Waals surface area contributed by atoms with Crippen molar-refractivity contribution in [2.45, 2.75) is 329 Å². The van der Waals surface area contributed by atoms with E-state index in [1.54, 1.807) is 0 Å². The van der Waals surface area contributed by atoms with Crippen LogP contribution < -0.4 is 0 Å². The lowest BCUT2D eigenvalue weighted by atomic mass is 10.0. The van der Waals surface area contributed by atoms with E-state index in [0.717, 1.165) is 64.2 Å². The molecule has 6 nitrogen and oxygen atoms in total. The Morgan fingerprint density at radius 3 is 0.931 bits per heavy atom. The molecule has 0 bridgehead atoms. The highest BCUT2D eigenvalue weighted by Gasteiger charge is 2.19. The van der Waals surface area contributed by atoms with Gasteiger partial charge in [-0.25, -0.2) is 0 Å². The number of unbranched alkanes of at least 4 members (excludes halogenated alkanes) is 36. The van der Waals surface area contributed by atoms with Crippen molar-refractivity contribution in [1.29, 1.82) is 0 Å². The van der Waals surface area contributed by atoms with Gasteiger partial charge in [-0.1, -0.05) is 293 Å². The van der Waals surface area contributed by atoms with E-state index in [-0.39, 0.29) is 37.5 Å². The number of rotatable bonds is 57. The number of hydrogen-bond donors (Lipinski definition) is 0. The molecule has 0 saturated heterocycles. The van der Waals surface area contributed by atoms with Crippen molar-refractivity contribution in [3.05, 3.63) is 60.8 Å². The molecule has 0 aliphatic carbocycles. The van der Waals surface area contributed by atoms with E-state index in [4.69, 9.17) is 14.2 Å². The summed E-state index contributed by atoms with van der Waals surface area (Å²) in [6, 6.07) is 0. The Hall–Kier alpha value is -2.89. The number of hydrogen-bond acceptors (Lipinski definition) is 6. The second-order valence-corrected chi connectivity index (χ2v) is 20.9. The molecule has 0 aromatic heterocycles. The summed E-state index contributed by atoms with van der Waals surface area (Å²) in [5, 5.41) is 0. The third-order valence-corrected chi connectivity index (χ3v) is 13.8. The number of ether oxygens (including phenoxy) is 3. The Bertz CT molecular complexity index is 1290. The number of esters is 3. The molecule has 0 rings (SSSR count). The van der Waals surface area contributed by atoms with Gasteiger partial charge in [-0.2, -0.15) is 0 Å². The summed E-state index contributed by atoms with van der Waals surface area (Å²) < 4.78 is 16.8. The average molecular weight is 1010 g/mol. The summed E-state index contributed by atoms with van der Waals surface area (Å²) >= 11 is 0. The summed E-state index contributed by atoms with van der Waals surface area (Å²) in [5.74, 6) is -0.969. The second kappa shape index (κ2) is 60.7. The molecular weight excluding hydrogens is 889 g/mol. The van der Waals surface area contributed by atoms with Crippen LogP contribution in [0.3, 0.4) is 0 Å². The predicted octanol–water partition coefficient (Wildman–Crippen LogP) is 21.2. The minimum absolute atomic E-state index is 0.0949. The van der Waals surface area contributed by atoms with Crippen LogP contribution in [0.5, 0.6) is 0 Å². The highest BCUT2D eigenvalue weighted by Crippen LogP contribution is 2.17. The van der Waals surface area contributed by atoms with Crippen LogP contribution >= 0.6 is 0 Å². The number of carbonyl (C=O) groups is 3. The Kier molecular flexibility index (Phi) is 58.2. The minimum Gasteiger partial charge on any atom is -0.462 e. The van der Waals surface area contributed by atoms with E-state index < -0.39 is 6.10 Å². The molecule has 0 spiro atoms. The maximum atomic E-state index is 12.9. The van der Waals surface area contributed by atoms with Crippen molar-refractivity contribution >= 4 is 17.9 Å². The maximum Gasteiger partial charge on any atom is 0.306 e. The first-order valence-corrected chi connectivity index (χ1v) is 31.3. The molecular formula is C66H118O6. The monoisotopic (exact) mass is 1010 g/mol. The lowest BCUT2D eigenvalue weighted by Gasteiger charge is -2.18. The standard InChI is InChI=1S/C66H118O6/c1-4-7-10-13-16-19-22-25-27-29-30-31-32-33-34-35-37-38-41-44-47-50-53-56-59-65(68)71-62-63(61-70-64(67)58-55-52-49-46-43-40-24-21-18-15-12-9-6-3)72-66(69)60-57-54-51-48-45-42-39-36-28-26-23-20-17-14-11-8-5-2/h9,12,18,21,26,28,40,43,49,52,63H,4-8,10-11,13-17,19-20,22-25,27,29-39,41-42,44-48,50-51,53-62H2,1-3H3/b12-9-,21-18-,28-26-,43-40-,52-49-. The Morgan fingerprint density at radius 1 is 0.292 bits per heavy atom. The van der Waals surface area contributed by atoms with Gasteiger partial charge in [0, 0.05) is 19.3 Å². The summed E-state index contributed by atoms with van der Waals surface area (Å²) in [7, 11) is 0. The first kappa shape index (κ1) is 69.1. The van der Waals surface area contributed by atoms with Gasteiger partial charge in [0.05, 0.1) is 0 Å². The molecule has 72 heavy (non-hydrogen) atoms. The molecule has 0 heterocycles. The lowest BCUT2D eigenvalue weighted by Crippen LogP contribution is -2.30. The molecule has 0 aliphatic heterocycles. The van der Waals surface area contributed by atoms with Crippen molar-refractivity contribution in [2.24, 2.45) is 0 Å². The molecule has 0 aromatic rings. The smallest absolute Gasteiger partial charge is 0.306 e. The normalized spacial score (nSPS) is 12.4. The summed E-state index contributed by atoms with van der Waals surface area (Å²) in [5.41, 5.74) is 0. The fraction of sp³-hybridized carbons (Fsp3) is 0.803. The topological polar surface area (TPSA) is 78.9 Å². The van der Waals surface area contributed by atoms with E-state index >= 15 is 0 Å². The van der Waals surface area contributed by atoms with Crippen LogP contribution in [-0.4, -0.2) is 37.2 Å². The summed E-state index contributed by atoms with van der Waals surface area (Å²) in [6.45, 7) is 6.50. The van der Waals surface area contributed by atoms with Crippen molar-refractivity contribution in [2.75, 3.05) is 13.2 Å². The van der Waals surface area contributed by atoms with Crippen molar-refractivity contribution in [1.82, 2.24) is 0 Å². The zero-order valence-corrected chi connectivity index (χ0v) is 47.9. The Morgan fingerprint density at radius 2 is 0.569 bits per heavy atom. The van der Waals surface area contributed by atoms with Crippen LogP contribution in [0.15, 0.2) is 60.8 Å². The van der Waals surface area contributed by atoms with Crippen molar-refractivity contribution in [3.8, 4) is 0 Å². The average Bonchev–Trinajstić information content (AvgIpc) is 3.38. The van der Waals surface area contributed by atoms with Gasteiger partial charge in [0.1, 0.15) is 13.2 Å². The predicted molar refractivity (Wildman–Crippen MR) is 312 cm³/mol. The maximum absolute atomic E-state index is 12.9. The van der Waals surface area contributed by atoms with E-state index in [2.05, 4.69) is 75.5 Å². The van der Waals surface area contributed by atoms with Gasteiger partial charge in [0.25, 0.3) is 0 Å². The molecule has 6 heteroatoms. The van der Waals surface area contributed by atoms with Crippen LogP contribution in [0.1, 0.15) is 323 Å². The van der Waals surface area contributed by atoms with Gasteiger partial charge >= 0.3 is 17.9 Å². The van der Waals surface area contributed by atoms with Gasteiger partial charge < -0.3 is 14.2 Å². The summed E-state index contributed by atoms with van der Waals surface area (Å²) in [4.78, 5) is 38.2. The largest absolute Gasteiger partial charge is 0.462 e. The van der Waals surface area contributed by atoms with E-state index in [9.17, 15) is 14.4 Å². The van der Waals surface area contributed by atoms with Gasteiger partial charge in [-0.3, -0.25) is 14.4 Å². The molecule has 0 saturated carbocycles. The van der Waals surface area contributed by atoms with Gasteiger partial charge in [-0.15, -0.1) is 0 Å². The molecule has 1 atom stereocenters. The molecule has 0 aromatic carbocycles. The first-order valence-electron chi connectivity index (χ1n) is 31.3. The van der Waals surface area contributed by atoms with E-state index in [1.165, 1.54) is 212 Å². The fourth-order valence-corrected chi connectivity index (χ4v) is 9.10. The van der Waals surface area contributed by atoms with Crippen LogP contribution in [0.25, 0.3) is 0 Å². The van der Waals surface area contributed by atoms with E-state index in [1.807, 2.05) is 6.08 Å². The Balaban J connectivity index is 4.30. The SMILES string of the molecule is CC/C=C\C/C=C\C/C=C\C/C=C\CCC(=O)OCC(COC(=O)CCCCCCCCCCCCCCCCCCCCCCCCCC)OC(=O)CCCCCCCCC/C=C\CCCCCCCC. The highest BCUT2D eigenvalue weighted by molar-refractivity contribution is 5.71. The second-order valence-electron chi connectivity index (χ2n) is 20.9. The number of carbonyl (C=O) groups excluding carboxylic acids is 3. The Labute approximate surface area is 447 Å². The van der Waals surface area contributed by atoms with Gasteiger partial charge in [0.15, 0.2) is 6.10 Å². The zero-order chi connectivity index (χ0) is 52.2.